The van der Waals surface area contributed by atoms with Crippen LogP contribution in [0.2, 0.25) is 0 Å². The number of aromatic nitrogens is 1. The Morgan fingerprint density at radius 3 is 2.90 bits per heavy atom. The third kappa shape index (κ3) is 2.30. The number of fused-ring (bicyclic) bond motifs is 2. The number of anilines is 1. The molecule has 21 heavy (non-hydrogen) atoms. The van der Waals surface area contributed by atoms with Gasteiger partial charge in [-0.05, 0) is 17.0 Å². The second-order valence-electron chi connectivity index (χ2n) is 5.54. The van der Waals surface area contributed by atoms with Crippen LogP contribution in [0, 0.1) is 0 Å². The highest BCUT2D eigenvalue weighted by Gasteiger charge is 2.21. The van der Waals surface area contributed by atoms with Crippen LogP contribution in [0.5, 0.6) is 0 Å². The standard InChI is InChI=1S/C17H17N3S/c18-16-13-7-9-21-17(13)19-15-6-8-20(11-14(15)16)10-12-4-2-1-3-5-12/h1-5,7,9H,6,8,10-11H2,(H2,18,19). The lowest BCUT2D eigenvalue weighted by atomic mass is 10.0. The van der Waals surface area contributed by atoms with Crippen LogP contribution in [0.4, 0.5) is 5.69 Å². The van der Waals surface area contributed by atoms with Gasteiger partial charge >= 0.3 is 0 Å². The highest BCUT2D eigenvalue weighted by molar-refractivity contribution is 7.16. The number of hydrogen-bond acceptors (Lipinski definition) is 4. The second kappa shape index (κ2) is 5.13. The summed E-state index contributed by atoms with van der Waals surface area (Å²) in [6.45, 7) is 2.92. The van der Waals surface area contributed by atoms with Crippen LogP contribution in [0.1, 0.15) is 16.8 Å². The number of hydrogen-bond donors (Lipinski definition) is 1. The first-order valence-corrected chi connectivity index (χ1v) is 8.10. The molecule has 0 amide bonds. The lowest BCUT2D eigenvalue weighted by molar-refractivity contribution is 0.244. The smallest absolute Gasteiger partial charge is 0.125 e. The molecule has 3 nitrogen and oxygen atoms in total. The van der Waals surface area contributed by atoms with E-state index in [2.05, 4.69) is 46.7 Å². The molecule has 0 radical (unpaired) electrons. The molecule has 0 aliphatic carbocycles. The minimum absolute atomic E-state index is 0.898. The maximum absolute atomic E-state index is 6.38. The topological polar surface area (TPSA) is 42.1 Å². The second-order valence-corrected chi connectivity index (χ2v) is 6.43. The molecule has 4 rings (SSSR count). The molecular weight excluding hydrogens is 278 g/mol. The Balaban J connectivity index is 1.65. The van der Waals surface area contributed by atoms with Crippen molar-refractivity contribution < 1.29 is 0 Å². The predicted octanol–water partition coefficient (Wildman–Crippen LogP) is 3.44. The first kappa shape index (κ1) is 12.8. The number of benzene rings is 1. The molecular formula is C17H17N3S. The fourth-order valence-corrected chi connectivity index (χ4v) is 3.83. The zero-order chi connectivity index (χ0) is 14.2. The maximum atomic E-state index is 6.38. The molecule has 1 aliphatic rings. The van der Waals surface area contributed by atoms with E-state index >= 15 is 0 Å². The van der Waals surface area contributed by atoms with Gasteiger partial charge in [-0.3, -0.25) is 4.90 Å². The van der Waals surface area contributed by atoms with Crippen LogP contribution in [-0.4, -0.2) is 16.4 Å². The summed E-state index contributed by atoms with van der Waals surface area (Å²) in [6.07, 6.45) is 0.986. The van der Waals surface area contributed by atoms with Crippen molar-refractivity contribution in [2.75, 3.05) is 12.3 Å². The van der Waals surface area contributed by atoms with E-state index in [1.54, 1.807) is 11.3 Å². The molecule has 1 aliphatic heterocycles. The Hall–Kier alpha value is -1.91. The van der Waals surface area contributed by atoms with Gasteiger partial charge in [0.05, 0.1) is 0 Å². The van der Waals surface area contributed by atoms with E-state index in [4.69, 9.17) is 10.7 Å². The molecule has 1 aromatic carbocycles. The van der Waals surface area contributed by atoms with Gasteiger partial charge in [0, 0.05) is 48.4 Å². The van der Waals surface area contributed by atoms with Crippen molar-refractivity contribution in [1.82, 2.24) is 9.88 Å². The Labute approximate surface area is 128 Å². The van der Waals surface area contributed by atoms with Crippen molar-refractivity contribution in [2.24, 2.45) is 0 Å². The van der Waals surface area contributed by atoms with Crippen molar-refractivity contribution in [2.45, 2.75) is 19.5 Å². The maximum Gasteiger partial charge on any atom is 0.125 e. The molecule has 106 valence electrons. The first-order valence-electron chi connectivity index (χ1n) is 7.22. The predicted molar refractivity (Wildman–Crippen MR) is 88.3 cm³/mol. The molecule has 0 saturated carbocycles. The molecule has 3 heterocycles. The highest BCUT2D eigenvalue weighted by atomic mass is 32.1. The van der Waals surface area contributed by atoms with Crippen LogP contribution in [0.3, 0.4) is 0 Å². The molecule has 0 atom stereocenters. The van der Waals surface area contributed by atoms with E-state index in [1.165, 1.54) is 16.8 Å². The van der Waals surface area contributed by atoms with E-state index in [9.17, 15) is 0 Å². The zero-order valence-corrected chi connectivity index (χ0v) is 12.6. The summed E-state index contributed by atoms with van der Waals surface area (Å²) in [5.41, 5.74) is 11.1. The molecule has 0 bridgehead atoms. The van der Waals surface area contributed by atoms with E-state index in [0.29, 0.717) is 0 Å². The minimum Gasteiger partial charge on any atom is -0.398 e. The first-order chi connectivity index (χ1) is 10.3. The molecule has 0 spiro atoms. The van der Waals surface area contributed by atoms with Crippen LogP contribution in [0.15, 0.2) is 41.8 Å². The van der Waals surface area contributed by atoms with E-state index in [-0.39, 0.29) is 0 Å². The summed E-state index contributed by atoms with van der Waals surface area (Å²) in [4.78, 5) is 8.31. The SMILES string of the molecule is Nc1c2c(nc3sccc13)CCN(Cc1ccccc1)C2. The summed E-state index contributed by atoms with van der Waals surface area (Å²) >= 11 is 1.67. The van der Waals surface area contributed by atoms with Gasteiger partial charge in [0.2, 0.25) is 0 Å². The van der Waals surface area contributed by atoms with Gasteiger partial charge in [-0.15, -0.1) is 11.3 Å². The number of nitrogens with two attached hydrogens (primary N) is 1. The Kier molecular flexibility index (Phi) is 3.13. The van der Waals surface area contributed by atoms with Crippen molar-refractivity contribution >= 4 is 27.2 Å². The number of nitrogen functional groups attached to an aromatic ring is 1. The van der Waals surface area contributed by atoms with E-state index in [0.717, 1.165) is 42.0 Å². The van der Waals surface area contributed by atoms with Gasteiger partial charge in [-0.1, -0.05) is 30.3 Å². The van der Waals surface area contributed by atoms with Crippen molar-refractivity contribution in [1.29, 1.82) is 0 Å². The van der Waals surface area contributed by atoms with E-state index in [1.807, 2.05) is 0 Å². The summed E-state index contributed by atoms with van der Waals surface area (Å²) in [5.74, 6) is 0. The number of rotatable bonds is 2. The molecule has 0 fully saturated rings. The summed E-state index contributed by atoms with van der Waals surface area (Å²) in [5, 5.41) is 3.18. The lowest BCUT2D eigenvalue weighted by Gasteiger charge is -2.29. The molecule has 0 saturated heterocycles. The van der Waals surface area contributed by atoms with Crippen LogP contribution < -0.4 is 5.73 Å². The quantitative estimate of drug-likeness (QED) is 0.787. The fraction of sp³-hybridized carbons (Fsp3) is 0.235. The third-order valence-electron chi connectivity index (χ3n) is 4.14. The normalized spacial score (nSPS) is 15.2. The molecule has 4 heteroatoms. The summed E-state index contributed by atoms with van der Waals surface area (Å²) in [6, 6.07) is 12.7. The zero-order valence-electron chi connectivity index (χ0n) is 11.7. The Morgan fingerprint density at radius 2 is 2.05 bits per heavy atom. The number of nitrogens with zero attached hydrogens (tertiary/aromatic N) is 2. The third-order valence-corrected chi connectivity index (χ3v) is 4.95. The number of pyridine rings is 1. The Morgan fingerprint density at radius 1 is 1.19 bits per heavy atom. The van der Waals surface area contributed by atoms with Crippen molar-refractivity contribution in [3.05, 3.63) is 58.6 Å². The minimum atomic E-state index is 0.898. The average molecular weight is 295 g/mol. The summed E-state index contributed by atoms with van der Waals surface area (Å²) in [7, 11) is 0. The fourth-order valence-electron chi connectivity index (χ4n) is 3.03. The van der Waals surface area contributed by atoms with Crippen molar-refractivity contribution in [3.63, 3.8) is 0 Å². The lowest BCUT2D eigenvalue weighted by Crippen LogP contribution is -2.31. The van der Waals surface area contributed by atoms with Crippen LogP contribution in [0.25, 0.3) is 10.2 Å². The van der Waals surface area contributed by atoms with Gasteiger partial charge in [-0.25, -0.2) is 4.98 Å². The van der Waals surface area contributed by atoms with Crippen molar-refractivity contribution in [3.8, 4) is 0 Å². The van der Waals surface area contributed by atoms with Gasteiger partial charge < -0.3 is 5.73 Å². The van der Waals surface area contributed by atoms with Crippen LogP contribution >= 0.6 is 11.3 Å². The average Bonchev–Trinajstić information content (AvgIpc) is 2.98. The largest absolute Gasteiger partial charge is 0.398 e. The highest BCUT2D eigenvalue weighted by Crippen LogP contribution is 2.32. The molecule has 2 aromatic heterocycles. The summed E-state index contributed by atoms with van der Waals surface area (Å²) < 4.78 is 0. The van der Waals surface area contributed by atoms with Gasteiger partial charge in [0.1, 0.15) is 4.83 Å². The van der Waals surface area contributed by atoms with Gasteiger partial charge in [0.25, 0.3) is 0 Å². The van der Waals surface area contributed by atoms with Gasteiger partial charge in [0.15, 0.2) is 0 Å². The molecule has 2 N–H and O–H groups in total. The molecule has 3 aromatic rings. The Bertz CT molecular complexity index is 779. The monoisotopic (exact) mass is 295 g/mol. The van der Waals surface area contributed by atoms with Crippen LogP contribution in [-0.2, 0) is 19.5 Å². The molecule has 0 unspecified atom stereocenters. The van der Waals surface area contributed by atoms with E-state index < -0.39 is 0 Å². The van der Waals surface area contributed by atoms with Gasteiger partial charge in [-0.2, -0.15) is 0 Å². The number of thiophene rings is 1.